The molecule has 0 N–H and O–H groups in total. The van der Waals surface area contributed by atoms with E-state index in [-0.39, 0.29) is 12.2 Å². The number of anilines is 1. The lowest BCUT2D eigenvalue weighted by Gasteiger charge is -2.07. The first-order valence-corrected chi connectivity index (χ1v) is 8.36. The molecule has 0 aliphatic carbocycles. The Kier molecular flexibility index (Phi) is 5.66. The van der Waals surface area contributed by atoms with Crippen LogP contribution in [0.25, 0.3) is 0 Å². The lowest BCUT2D eigenvalue weighted by molar-refractivity contribution is -0.118. The molecule has 0 radical (unpaired) electrons. The Morgan fingerprint density at radius 3 is 2.83 bits per heavy atom. The second kappa shape index (κ2) is 8.34. The van der Waals surface area contributed by atoms with Crippen LogP contribution in [0.2, 0.25) is 0 Å². The highest BCUT2D eigenvalue weighted by Crippen LogP contribution is 2.17. The molecular weight excluding hydrogens is 304 g/mol. The van der Waals surface area contributed by atoms with E-state index in [1.807, 2.05) is 11.0 Å². The second-order valence-corrected chi connectivity index (χ2v) is 5.91. The van der Waals surface area contributed by atoms with Crippen LogP contribution in [0.5, 0.6) is 0 Å². The lowest BCUT2D eigenvalue weighted by atomic mass is 10.0. The van der Waals surface area contributed by atoms with Gasteiger partial charge in [-0.15, -0.1) is 0 Å². The minimum Gasteiger partial charge on any atom is -0.479 e. The number of carbonyl (C=O) groups is 1. The lowest BCUT2D eigenvalue weighted by Crippen LogP contribution is -2.13. The monoisotopic (exact) mass is 326 g/mol. The van der Waals surface area contributed by atoms with Gasteiger partial charge in [-0.25, -0.2) is 0 Å². The Labute approximate surface area is 141 Å². The first-order chi connectivity index (χ1) is 11.8. The van der Waals surface area contributed by atoms with Crippen molar-refractivity contribution >= 4 is 11.6 Å². The minimum absolute atomic E-state index is 0.177. The number of ether oxygens (including phenoxy) is 1. The van der Waals surface area contributed by atoms with Crippen LogP contribution in [-0.4, -0.2) is 17.5 Å². The standard InChI is InChI=1S/C19H22N2O3/c22-17(10-6-2-5-9-16-7-3-1-4-8-16)13-19-20-18(14-24-19)21-11-12-23-15-21/h1,3-4,7-8,11-12,14H,2,5-6,9-10,13,15H2. The van der Waals surface area contributed by atoms with Gasteiger partial charge >= 0.3 is 0 Å². The first-order valence-electron chi connectivity index (χ1n) is 8.36. The molecule has 2 heterocycles. The topological polar surface area (TPSA) is 55.6 Å². The number of carbonyl (C=O) groups excluding carboxylic acids is 1. The zero-order valence-electron chi connectivity index (χ0n) is 13.7. The second-order valence-electron chi connectivity index (χ2n) is 5.91. The van der Waals surface area contributed by atoms with Crippen molar-refractivity contribution in [2.45, 2.75) is 38.5 Å². The molecule has 0 amide bonds. The van der Waals surface area contributed by atoms with Crippen LogP contribution in [0.3, 0.4) is 0 Å². The molecule has 2 aromatic rings. The van der Waals surface area contributed by atoms with Gasteiger partial charge in [0.05, 0.1) is 6.42 Å². The predicted molar refractivity (Wildman–Crippen MR) is 91.4 cm³/mol. The maximum atomic E-state index is 12.0. The molecule has 1 aliphatic rings. The highest BCUT2D eigenvalue weighted by Gasteiger charge is 2.15. The molecular formula is C19H22N2O3. The van der Waals surface area contributed by atoms with Gasteiger partial charge in [-0.3, -0.25) is 9.69 Å². The highest BCUT2D eigenvalue weighted by atomic mass is 16.5. The number of hydrogen-bond donors (Lipinski definition) is 0. The average Bonchev–Trinajstić information content (AvgIpc) is 3.27. The Balaban J connectivity index is 1.33. The van der Waals surface area contributed by atoms with Crippen molar-refractivity contribution in [3.05, 3.63) is 60.5 Å². The fraction of sp³-hybridized carbons (Fsp3) is 0.368. The van der Waals surface area contributed by atoms with Gasteiger partial charge in [0, 0.05) is 12.6 Å². The maximum absolute atomic E-state index is 12.0. The Hall–Kier alpha value is -2.56. The molecule has 24 heavy (non-hydrogen) atoms. The number of hydrogen-bond acceptors (Lipinski definition) is 5. The van der Waals surface area contributed by atoms with Crippen LogP contribution in [0, 0.1) is 0 Å². The molecule has 0 bridgehead atoms. The third kappa shape index (κ3) is 4.72. The zero-order valence-corrected chi connectivity index (χ0v) is 13.7. The van der Waals surface area contributed by atoms with Crippen molar-refractivity contribution in [1.29, 1.82) is 0 Å². The van der Waals surface area contributed by atoms with Crippen molar-refractivity contribution in [3.8, 4) is 0 Å². The van der Waals surface area contributed by atoms with Crippen LogP contribution in [0.4, 0.5) is 5.82 Å². The summed E-state index contributed by atoms with van der Waals surface area (Å²) in [4.78, 5) is 18.2. The van der Waals surface area contributed by atoms with Crippen molar-refractivity contribution in [3.63, 3.8) is 0 Å². The molecule has 5 heteroatoms. The molecule has 126 valence electrons. The summed E-state index contributed by atoms with van der Waals surface area (Å²) in [7, 11) is 0. The Bertz CT molecular complexity index is 679. The number of rotatable bonds is 9. The molecule has 1 aromatic heterocycles. The zero-order chi connectivity index (χ0) is 16.6. The van der Waals surface area contributed by atoms with Gasteiger partial charge in [0.15, 0.2) is 12.5 Å². The summed E-state index contributed by atoms with van der Waals surface area (Å²) < 4.78 is 10.5. The maximum Gasteiger partial charge on any atom is 0.203 e. The van der Waals surface area contributed by atoms with Crippen LogP contribution in [0.1, 0.15) is 37.1 Å². The van der Waals surface area contributed by atoms with E-state index in [4.69, 9.17) is 9.15 Å². The van der Waals surface area contributed by atoms with Crippen LogP contribution >= 0.6 is 0 Å². The van der Waals surface area contributed by atoms with Crippen molar-refractivity contribution < 1.29 is 13.9 Å². The largest absolute Gasteiger partial charge is 0.479 e. The van der Waals surface area contributed by atoms with Gasteiger partial charge in [0.1, 0.15) is 18.3 Å². The third-order valence-electron chi connectivity index (χ3n) is 4.00. The fourth-order valence-electron chi connectivity index (χ4n) is 2.67. The summed E-state index contributed by atoms with van der Waals surface area (Å²) >= 11 is 0. The smallest absolute Gasteiger partial charge is 0.203 e. The van der Waals surface area contributed by atoms with E-state index < -0.39 is 0 Å². The molecule has 0 saturated carbocycles. The van der Waals surface area contributed by atoms with Crippen LogP contribution < -0.4 is 4.90 Å². The molecule has 3 rings (SSSR count). The molecule has 0 unspecified atom stereocenters. The number of nitrogens with zero attached hydrogens (tertiary/aromatic N) is 2. The number of ketones is 1. The Morgan fingerprint density at radius 2 is 2.04 bits per heavy atom. The van der Waals surface area contributed by atoms with E-state index in [0.717, 1.165) is 25.7 Å². The summed E-state index contributed by atoms with van der Waals surface area (Å²) in [6, 6.07) is 10.4. The first kappa shape index (κ1) is 16.3. The number of Topliss-reactive ketones (excluding diaryl/α,β-unsaturated/α-hetero) is 1. The summed E-state index contributed by atoms with van der Waals surface area (Å²) in [6.07, 6.45) is 9.96. The molecule has 0 spiro atoms. The summed E-state index contributed by atoms with van der Waals surface area (Å²) in [5, 5.41) is 0. The summed E-state index contributed by atoms with van der Waals surface area (Å²) in [5.41, 5.74) is 1.36. The number of aromatic nitrogens is 1. The van der Waals surface area contributed by atoms with Gasteiger partial charge in [-0.1, -0.05) is 36.8 Å². The van der Waals surface area contributed by atoms with E-state index in [1.165, 1.54) is 5.56 Å². The molecule has 1 aliphatic heterocycles. The van der Waals surface area contributed by atoms with E-state index >= 15 is 0 Å². The summed E-state index contributed by atoms with van der Waals surface area (Å²) in [5.74, 6) is 1.32. The fourth-order valence-corrected chi connectivity index (χ4v) is 2.67. The van der Waals surface area contributed by atoms with Gasteiger partial charge in [0.2, 0.25) is 5.89 Å². The SMILES string of the molecule is O=C(CCCCCc1ccccc1)Cc1nc(N2C=COC2)co1. The molecule has 0 fully saturated rings. The quantitative estimate of drug-likeness (QED) is 0.655. The number of aryl methyl sites for hydroxylation is 1. The van der Waals surface area contributed by atoms with E-state index in [1.54, 1.807) is 18.7 Å². The van der Waals surface area contributed by atoms with Gasteiger partial charge in [-0.05, 0) is 24.8 Å². The molecule has 0 saturated heterocycles. The number of unbranched alkanes of at least 4 members (excludes halogenated alkanes) is 2. The van der Waals surface area contributed by atoms with Crippen LogP contribution in [0.15, 0.2) is 53.5 Å². The molecule has 0 atom stereocenters. The molecule has 1 aromatic carbocycles. The number of benzene rings is 1. The third-order valence-corrected chi connectivity index (χ3v) is 4.00. The molecule has 5 nitrogen and oxygen atoms in total. The van der Waals surface area contributed by atoms with E-state index in [2.05, 4.69) is 29.2 Å². The van der Waals surface area contributed by atoms with Crippen molar-refractivity contribution in [1.82, 2.24) is 4.98 Å². The van der Waals surface area contributed by atoms with Crippen molar-refractivity contribution in [2.24, 2.45) is 0 Å². The number of oxazole rings is 1. The summed E-state index contributed by atoms with van der Waals surface area (Å²) in [6.45, 7) is 0.432. The Morgan fingerprint density at radius 1 is 1.17 bits per heavy atom. The van der Waals surface area contributed by atoms with Gasteiger partial charge in [0.25, 0.3) is 0 Å². The van der Waals surface area contributed by atoms with Crippen molar-refractivity contribution in [2.75, 3.05) is 11.6 Å². The van der Waals surface area contributed by atoms with E-state index in [0.29, 0.717) is 24.9 Å². The van der Waals surface area contributed by atoms with E-state index in [9.17, 15) is 4.79 Å². The average molecular weight is 326 g/mol. The van der Waals surface area contributed by atoms with Gasteiger partial charge in [-0.2, -0.15) is 4.98 Å². The predicted octanol–water partition coefficient (Wildman–Crippen LogP) is 3.85. The van der Waals surface area contributed by atoms with Gasteiger partial charge < -0.3 is 9.15 Å². The van der Waals surface area contributed by atoms with Crippen LogP contribution in [-0.2, 0) is 22.4 Å². The highest BCUT2D eigenvalue weighted by molar-refractivity contribution is 5.80. The minimum atomic E-state index is 0.177. The normalized spacial score (nSPS) is 13.2.